The van der Waals surface area contributed by atoms with Crippen molar-refractivity contribution in [1.82, 2.24) is 14.4 Å². The molecule has 3 heteroatoms. The van der Waals surface area contributed by atoms with E-state index in [9.17, 15) is 0 Å². The van der Waals surface area contributed by atoms with Gasteiger partial charge in [-0.25, -0.2) is 9.97 Å². The third-order valence-electron chi connectivity index (χ3n) is 10.7. The van der Waals surface area contributed by atoms with Crippen molar-refractivity contribution in [2.45, 2.75) is 19.3 Å². The molecule has 0 saturated heterocycles. The fraction of sp³-hybridized carbons (Fsp3) is 0.0638. The molecular weight excluding hydrogens is 607 g/mol. The van der Waals surface area contributed by atoms with Gasteiger partial charge in [0.15, 0.2) is 0 Å². The Morgan fingerprint density at radius 3 is 1.72 bits per heavy atom. The summed E-state index contributed by atoms with van der Waals surface area (Å²) in [4.78, 5) is 9.10. The average molecular weight is 640 g/mol. The minimum Gasteiger partial charge on any atom is -0.291 e. The summed E-state index contributed by atoms with van der Waals surface area (Å²) < 4.78 is 1.96. The number of hydrogen-bond acceptors (Lipinski definition) is 2. The molecule has 2 aromatic heterocycles. The van der Waals surface area contributed by atoms with E-state index in [1.54, 1.807) is 6.20 Å². The lowest BCUT2D eigenvalue weighted by Crippen LogP contribution is -2.15. The zero-order valence-corrected chi connectivity index (χ0v) is 27.9. The largest absolute Gasteiger partial charge is 0.291 e. The normalized spacial score (nSPS) is 13.2. The van der Waals surface area contributed by atoms with Gasteiger partial charge in [0, 0.05) is 29.6 Å². The van der Waals surface area contributed by atoms with Crippen molar-refractivity contribution in [1.29, 1.82) is 0 Å². The molecule has 0 amide bonds. The van der Waals surface area contributed by atoms with Crippen LogP contribution >= 0.6 is 0 Å². The van der Waals surface area contributed by atoms with Crippen LogP contribution < -0.4 is 0 Å². The van der Waals surface area contributed by atoms with E-state index in [2.05, 4.69) is 158 Å². The summed E-state index contributed by atoms with van der Waals surface area (Å²) in [6, 6.07) is 53.4. The van der Waals surface area contributed by atoms with Crippen molar-refractivity contribution in [3.05, 3.63) is 175 Å². The number of fused-ring (bicyclic) bond motifs is 6. The fourth-order valence-corrected chi connectivity index (χ4v) is 8.22. The van der Waals surface area contributed by atoms with Gasteiger partial charge in [0.2, 0.25) is 5.78 Å². The highest BCUT2D eigenvalue weighted by Gasteiger charge is 2.36. The molecule has 3 nitrogen and oxygen atoms in total. The molecule has 236 valence electrons. The molecule has 2 heterocycles. The molecule has 7 aromatic carbocycles. The number of rotatable bonds is 4. The van der Waals surface area contributed by atoms with Crippen molar-refractivity contribution >= 4 is 27.3 Å². The summed E-state index contributed by atoms with van der Waals surface area (Å²) in [5, 5.41) is 5.15. The van der Waals surface area contributed by atoms with Crippen LogP contribution in [0.2, 0.25) is 0 Å². The molecule has 1 aliphatic rings. The zero-order chi connectivity index (χ0) is 33.4. The number of imidazole rings is 1. The lowest BCUT2D eigenvalue weighted by atomic mass is 9.79. The van der Waals surface area contributed by atoms with E-state index >= 15 is 0 Å². The van der Waals surface area contributed by atoms with Gasteiger partial charge >= 0.3 is 0 Å². The quantitative estimate of drug-likeness (QED) is 0.179. The molecule has 1 aliphatic carbocycles. The van der Waals surface area contributed by atoms with Gasteiger partial charge in [-0.3, -0.25) is 4.40 Å². The summed E-state index contributed by atoms with van der Waals surface area (Å²) in [6.45, 7) is 4.77. The van der Waals surface area contributed by atoms with Gasteiger partial charge in [-0.05, 0) is 101 Å². The van der Waals surface area contributed by atoms with E-state index in [4.69, 9.17) is 4.98 Å². The molecule has 0 bridgehead atoms. The van der Waals surface area contributed by atoms with E-state index < -0.39 is 0 Å². The van der Waals surface area contributed by atoms with Gasteiger partial charge in [-0.15, -0.1) is 0 Å². The summed E-state index contributed by atoms with van der Waals surface area (Å²) >= 11 is 0. The summed E-state index contributed by atoms with van der Waals surface area (Å²) in [6.07, 6.45) is 5.79. The van der Waals surface area contributed by atoms with Crippen LogP contribution in [0, 0.1) is 0 Å². The summed E-state index contributed by atoms with van der Waals surface area (Å²) in [5.41, 5.74) is 14.7. The Bertz CT molecular complexity index is 2720. The summed E-state index contributed by atoms with van der Waals surface area (Å²) in [5.74, 6) is 0.708. The van der Waals surface area contributed by atoms with E-state index in [1.807, 2.05) is 22.9 Å². The van der Waals surface area contributed by atoms with Gasteiger partial charge in [-0.2, -0.15) is 0 Å². The first-order valence-electron chi connectivity index (χ1n) is 17.2. The molecule has 0 N–H and O–H groups in total. The molecule has 0 saturated carbocycles. The predicted molar refractivity (Wildman–Crippen MR) is 207 cm³/mol. The first-order valence-corrected chi connectivity index (χ1v) is 17.2. The maximum Gasteiger partial charge on any atom is 0.234 e. The highest BCUT2D eigenvalue weighted by Crippen LogP contribution is 2.53. The Morgan fingerprint density at radius 1 is 0.480 bits per heavy atom. The van der Waals surface area contributed by atoms with Crippen molar-refractivity contribution in [2.24, 2.45) is 0 Å². The molecule has 0 fully saturated rings. The molecule has 10 rings (SSSR count). The second-order valence-corrected chi connectivity index (χ2v) is 13.9. The van der Waals surface area contributed by atoms with Crippen molar-refractivity contribution in [3.63, 3.8) is 0 Å². The second-order valence-electron chi connectivity index (χ2n) is 13.9. The van der Waals surface area contributed by atoms with Crippen LogP contribution in [0.15, 0.2) is 164 Å². The summed E-state index contributed by atoms with van der Waals surface area (Å²) in [7, 11) is 0. The minimum absolute atomic E-state index is 0.176. The van der Waals surface area contributed by atoms with E-state index in [0.717, 1.165) is 11.3 Å². The maximum atomic E-state index is 4.72. The number of benzene rings is 7. The van der Waals surface area contributed by atoms with Gasteiger partial charge in [0.05, 0.1) is 5.69 Å². The Labute approximate surface area is 291 Å². The SMILES string of the molecule is CC1(C)c2cc(-c3ccc(-c4cn5cccnc5n4)cc3)ccc2-c2cc3c(-c4ccccc4)c4ccccc4c(-c4ccccc4)c3cc21. The molecule has 0 spiro atoms. The predicted octanol–water partition coefficient (Wildman–Crippen LogP) is 12.0. The van der Waals surface area contributed by atoms with Gasteiger partial charge in [0.1, 0.15) is 0 Å². The Morgan fingerprint density at radius 2 is 1.06 bits per heavy atom. The monoisotopic (exact) mass is 639 g/mol. The average Bonchev–Trinajstić information content (AvgIpc) is 3.70. The fourth-order valence-electron chi connectivity index (χ4n) is 8.22. The standard InChI is InChI=1S/C47H33N3/c1-47(2)41-26-34(30-18-20-31(21-19-30)43-29-50-25-11-24-48-46(50)49-43)22-23-35(41)38-27-39-40(28-42(38)47)45(33-14-7-4-8-15-33)37-17-10-9-16-36(37)44(39)32-12-5-3-6-13-32/h3-29H,1-2H3. The topological polar surface area (TPSA) is 30.2 Å². The highest BCUT2D eigenvalue weighted by molar-refractivity contribution is 6.22. The maximum absolute atomic E-state index is 4.72. The van der Waals surface area contributed by atoms with Crippen LogP contribution in [0.5, 0.6) is 0 Å². The third kappa shape index (κ3) is 4.30. The first-order chi connectivity index (χ1) is 24.5. The minimum atomic E-state index is -0.176. The second kappa shape index (κ2) is 10.8. The lowest BCUT2D eigenvalue weighted by molar-refractivity contribution is 0.661. The van der Waals surface area contributed by atoms with Crippen molar-refractivity contribution in [2.75, 3.05) is 0 Å². The van der Waals surface area contributed by atoms with Crippen molar-refractivity contribution < 1.29 is 0 Å². The molecule has 0 radical (unpaired) electrons. The lowest BCUT2D eigenvalue weighted by Gasteiger charge is -2.24. The number of hydrogen-bond donors (Lipinski definition) is 0. The van der Waals surface area contributed by atoms with Crippen LogP contribution in [0.4, 0.5) is 0 Å². The van der Waals surface area contributed by atoms with Crippen LogP contribution in [0.3, 0.4) is 0 Å². The zero-order valence-electron chi connectivity index (χ0n) is 27.9. The van der Waals surface area contributed by atoms with Crippen LogP contribution in [0.25, 0.3) is 83.1 Å². The third-order valence-corrected chi connectivity index (χ3v) is 10.7. The molecule has 0 unspecified atom stereocenters. The van der Waals surface area contributed by atoms with Crippen LogP contribution in [0.1, 0.15) is 25.0 Å². The van der Waals surface area contributed by atoms with Crippen LogP contribution in [-0.4, -0.2) is 14.4 Å². The molecule has 50 heavy (non-hydrogen) atoms. The van der Waals surface area contributed by atoms with Crippen molar-refractivity contribution in [3.8, 4) is 55.8 Å². The molecule has 9 aromatic rings. The van der Waals surface area contributed by atoms with E-state index in [-0.39, 0.29) is 5.41 Å². The van der Waals surface area contributed by atoms with E-state index in [1.165, 1.54) is 77.2 Å². The first kappa shape index (κ1) is 28.7. The Balaban J connectivity index is 1.16. The highest BCUT2D eigenvalue weighted by atomic mass is 15.1. The van der Waals surface area contributed by atoms with Crippen LogP contribution in [-0.2, 0) is 5.41 Å². The number of aromatic nitrogens is 3. The number of nitrogens with zero attached hydrogens (tertiary/aromatic N) is 3. The Hall–Kier alpha value is -6.32. The molecule has 0 aliphatic heterocycles. The molecular formula is C47H33N3. The van der Waals surface area contributed by atoms with Gasteiger partial charge in [-0.1, -0.05) is 135 Å². The molecule has 0 atom stereocenters. The van der Waals surface area contributed by atoms with Gasteiger partial charge in [0.25, 0.3) is 0 Å². The van der Waals surface area contributed by atoms with Gasteiger partial charge < -0.3 is 0 Å². The van der Waals surface area contributed by atoms with E-state index in [0.29, 0.717) is 5.78 Å². The Kier molecular flexibility index (Phi) is 6.22. The smallest absolute Gasteiger partial charge is 0.234 e.